The molecule has 0 unspecified atom stereocenters. The van der Waals surface area contributed by atoms with E-state index in [0.29, 0.717) is 49.8 Å². The number of piperazine rings is 1. The van der Waals surface area contributed by atoms with Crippen molar-refractivity contribution in [1.82, 2.24) is 4.90 Å². The molecule has 0 aromatic heterocycles. The second-order valence-corrected chi connectivity index (χ2v) is 6.34. The number of carbonyl (C=O) groups is 2. The molecule has 0 aliphatic carbocycles. The van der Waals surface area contributed by atoms with Crippen LogP contribution in [-0.2, 0) is 4.74 Å². The molecule has 2 aromatic rings. The molecule has 2 aromatic carbocycles. The maximum absolute atomic E-state index is 12.6. The molecular weight excluding hydrogens is 358 g/mol. The maximum Gasteiger partial charge on any atom is 0.340 e. The van der Waals surface area contributed by atoms with Gasteiger partial charge in [0.05, 0.1) is 30.7 Å². The first-order chi connectivity index (χ1) is 13.6. The molecule has 0 spiro atoms. The number of benzene rings is 2. The van der Waals surface area contributed by atoms with Crippen molar-refractivity contribution in [2.45, 2.75) is 6.92 Å². The second-order valence-electron chi connectivity index (χ2n) is 6.34. The number of hydrogen-bond donors (Lipinski definition) is 1. The third kappa shape index (κ3) is 4.36. The van der Waals surface area contributed by atoms with Crippen molar-refractivity contribution < 1.29 is 19.1 Å². The molecule has 1 heterocycles. The van der Waals surface area contributed by atoms with Gasteiger partial charge in [0.1, 0.15) is 5.75 Å². The Bertz CT molecular complexity index is 832. The number of para-hydroxylation sites is 3. The monoisotopic (exact) mass is 383 g/mol. The van der Waals surface area contributed by atoms with Crippen molar-refractivity contribution in [3.63, 3.8) is 0 Å². The maximum atomic E-state index is 12.6. The number of hydrogen-bond acceptors (Lipinski definition) is 5. The van der Waals surface area contributed by atoms with Crippen LogP contribution in [0.15, 0.2) is 48.5 Å². The second kappa shape index (κ2) is 9.12. The van der Waals surface area contributed by atoms with Gasteiger partial charge in [-0.1, -0.05) is 24.3 Å². The van der Waals surface area contributed by atoms with Gasteiger partial charge in [-0.25, -0.2) is 9.59 Å². The van der Waals surface area contributed by atoms with Crippen LogP contribution in [0.25, 0.3) is 0 Å². The van der Waals surface area contributed by atoms with E-state index in [-0.39, 0.29) is 12.0 Å². The van der Waals surface area contributed by atoms with Crippen LogP contribution in [0.4, 0.5) is 16.2 Å². The quantitative estimate of drug-likeness (QED) is 0.803. The summed E-state index contributed by atoms with van der Waals surface area (Å²) in [5.74, 6) is 0.298. The minimum absolute atomic E-state index is 0.164. The first-order valence-electron chi connectivity index (χ1n) is 9.34. The molecular formula is C21H25N3O4. The summed E-state index contributed by atoms with van der Waals surface area (Å²) in [5, 5.41) is 2.90. The van der Waals surface area contributed by atoms with Gasteiger partial charge >= 0.3 is 12.0 Å². The summed E-state index contributed by atoms with van der Waals surface area (Å²) >= 11 is 0. The Labute approximate surface area is 164 Å². The van der Waals surface area contributed by atoms with E-state index in [1.807, 2.05) is 36.4 Å². The van der Waals surface area contributed by atoms with Gasteiger partial charge in [0, 0.05) is 26.2 Å². The Kier molecular flexibility index (Phi) is 6.37. The highest BCUT2D eigenvalue weighted by molar-refractivity contribution is 5.96. The van der Waals surface area contributed by atoms with Crippen LogP contribution in [0, 0.1) is 0 Å². The number of esters is 1. The highest BCUT2D eigenvalue weighted by Gasteiger charge is 2.24. The van der Waals surface area contributed by atoms with Crippen molar-refractivity contribution in [2.75, 3.05) is 50.1 Å². The number of carbonyl (C=O) groups excluding carboxylic acids is 2. The van der Waals surface area contributed by atoms with E-state index >= 15 is 0 Å². The minimum atomic E-state index is -0.325. The third-order valence-electron chi connectivity index (χ3n) is 4.66. The number of ether oxygens (including phenoxy) is 2. The van der Waals surface area contributed by atoms with E-state index in [0.717, 1.165) is 5.69 Å². The van der Waals surface area contributed by atoms with Crippen LogP contribution in [-0.4, -0.2) is 56.8 Å². The first-order valence-corrected chi connectivity index (χ1v) is 9.34. The molecule has 1 N–H and O–H groups in total. The smallest absolute Gasteiger partial charge is 0.340 e. The topological polar surface area (TPSA) is 71.1 Å². The van der Waals surface area contributed by atoms with Crippen LogP contribution in [0.5, 0.6) is 5.75 Å². The minimum Gasteiger partial charge on any atom is -0.495 e. The van der Waals surface area contributed by atoms with E-state index in [2.05, 4.69) is 10.2 Å². The summed E-state index contributed by atoms with van der Waals surface area (Å²) in [4.78, 5) is 28.7. The Hall–Kier alpha value is -3.22. The summed E-state index contributed by atoms with van der Waals surface area (Å²) in [6.07, 6.45) is 0. The molecule has 1 saturated heterocycles. The van der Waals surface area contributed by atoms with Crippen molar-refractivity contribution in [1.29, 1.82) is 0 Å². The standard InChI is InChI=1S/C21H25N3O4/c1-3-28-20(25)16-8-4-6-10-18(16)23-12-14-24(15-13-23)21(26)22-17-9-5-7-11-19(17)27-2/h4-11H,3,12-15H2,1-2H3,(H,22,26). The van der Waals surface area contributed by atoms with Crippen LogP contribution in [0.2, 0.25) is 0 Å². The van der Waals surface area contributed by atoms with Crippen LogP contribution in [0.1, 0.15) is 17.3 Å². The molecule has 7 nitrogen and oxygen atoms in total. The summed E-state index contributed by atoms with van der Waals surface area (Å²) in [6, 6.07) is 14.6. The molecule has 0 radical (unpaired) electrons. The highest BCUT2D eigenvalue weighted by atomic mass is 16.5. The number of nitrogens with zero attached hydrogens (tertiary/aromatic N) is 2. The lowest BCUT2D eigenvalue weighted by Gasteiger charge is -2.36. The fourth-order valence-electron chi connectivity index (χ4n) is 3.22. The number of rotatable bonds is 5. The van der Waals surface area contributed by atoms with Crippen molar-refractivity contribution in [2.24, 2.45) is 0 Å². The predicted octanol–water partition coefficient (Wildman–Crippen LogP) is 3.23. The van der Waals surface area contributed by atoms with E-state index in [4.69, 9.17) is 9.47 Å². The Morgan fingerprint density at radius 1 is 1.00 bits per heavy atom. The lowest BCUT2D eigenvalue weighted by Crippen LogP contribution is -2.50. The van der Waals surface area contributed by atoms with Crippen molar-refractivity contribution in [3.8, 4) is 5.75 Å². The molecule has 0 bridgehead atoms. The van der Waals surface area contributed by atoms with Gasteiger partial charge in [0.2, 0.25) is 0 Å². The molecule has 1 aliphatic rings. The fourth-order valence-corrected chi connectivity index (χ4v) is 3.22. The average molecular weight is 383 g/mol. The van der Waals surface area contributed by atoms with E-state index in [9.17, 15) is 9.59 Å². The summed E-state index contributed by atoms with van der Waals surface area (Å²) < 4.78 is 10.4. The zero-order valence-electron chi connectivity index (χ0n) is 16.2. The van der Waals surface area contributed by atoms with Gasteiger partial charge in [-0.3, -0.25) is 0 Å². The molecule has 0 atom stereocenters. The number of methoxy groups -OCH3 is 1. The van der Waals surface area contributed by atoms with Crippen LogP contribution in [0.3, 0.4) is 0 Å². The Morgan fingerprint density at radius 3 is 2.39 bits per heavy atom. The SMILES string of the molecule is CCOC(=O)c1ccccc1N1CCN(C(=O)Nc2ccccc2OC)CC1. The fraction of sp³-hybridized carbons (Fsp3) is 0.333. The zero-order chi connectivity index (χ0) is 19.9. The van der Waals surface area contributed by atoms with Gasteiger partial charge in [-0.2, -0.15) is 0 Å². The molecule has 2 amide bonds. The van der Waals surface area contributed by atoms with E-state index < -0.39 is 0 Å². The molecule has 0 saturated carbocycles. The number of nitrogens with one attached hydrogen (secondary N) is 1. The highest BCUT2D eigenvalue weighted by Crippen LogP contribution is 2.25. The largest absolute Gasteiger partial charge is 0.495 e. The molecule has 1 aliphatic heterocycles. The molecule has 3 rings (SSSR count). The van der Waals surface area contributed by atoms with Crippen molar-refractivity contribution in [3.05, 3.63) is 54.1 Å². The first kappa shape index (κ1) is 19.5. The Balaban J connectivity index is 1.63. The average Bonchev–Trinajstić information content (AvgIpc) is 2.74. The zero-order valence-corrected chi connectivity index (χ0v) is 16.2. The van der Waals surface area contributed by atoms with Gasteiger partial charge in [-0.05, 0) is 31.2 Å². The lowest BCUT2D eigenvalue weighted by molar-refractivity contribution is 0.0527. The van der Waals surface area contributed by atoms with Crippen LogP contribution >= 0.6 is 0 Å². The Morgan fingerprint density at radius 2 is 1.68 bits per heavy atom. The van der Waals surface area contributed by atoms with E-state index in [1.165, 1.54) is 0 Å². The van der Waals surface area contributed by atoms with Gasteiger partial charge < -0.3 is 24.6 Å². The molecule has 28 heavy (non-hydrogen) atoms. The predicted molar refractivity (Wildman–Crippen MR) is 108 cm³/mol. The van der Waals surface area contributed by atoms with Gasteiger partial charge in [-0.15, -0.1) is 0 Å². The molecule has 1 fully saturated rings. The summed E-state index contributed by atoms with van der Waals surface area (Å²) in [5.41, 5.74) is 2.03. The lowest BCUT2D eigenvalue weighted by atomic mass is 10.1. The molecule has 148 valence electrons. The van der Waals surface area contributed by atoms with Crippen molar-refractivity contribution >= 4 is 23.4 Å². The van der Waals surface area contributed by atoms with Crippen LogP contribution < -0.4 is 15.0 Å². The normalized spacial score (nSPS) is 13.8. The number of anilines is 2. The molecule has 7 heteroatoms. The summed E-state index contributed by atoms with van der Waals surface area (Å²) in [6.45, 7) is 4.51. The number of amides is 2. The number of urea groups is 1. The third-order valence-corrected chi connectivity index (χ3v) is 4.66. The summed E-state index contributed by atoms with van der Waals surface area (Å²) in [7, 11) is 1.57. The van der Waals surface area contributed by atoms with Gasteiger partial charge in [0.25, 0.3) is 0 Å². The van der Waals surface area contributed by atoms with Gasteiger partial charge in [0.15, 0.2) is 0 Å². The van der Waals surface area contributed by atoms with E-state index in [1.54, 1.807) is 31.1 Å².